The SMILES string of the molecule is CC1(O)CCN(CCCCl)CC1. The van der Waals surface area contributed by atoms with E-state index in [2.05, 4.69) is 4.90 Å². The van der Waals surface area contributed by atoms with Crippen LogP contribution < -0.4 is 0 Å². The number of aliphatic hydroxyl groups is 1. The summed E-state index contributed by atoms with van der Waals surface area (Å²) in [6.07, 6.45) is 2.86. The molecule has 0 unspecified atom stereocenters. The van der Waals surface area contributed by atoms with Crippen LogP contribution in [-0.4, -0.2) is 41.1 Å². The van der Waals surface area contributed by atoms with E-state index in [1.165, 1.54) is 0 Å². The first-order valence-corrected chi connectivity index (χ1v) is 5.18. The molecule has 0 aromatic rings. The van der Waals surface area contributed by atoms with Crippen LogP contribution in [0.1, 0.15) is 26.2 Å². The smallest absolute Gasteiger partial charge is 0.0644 e. The van der Waals surface area contributed by atoms with Gasteiger partial charge in [-0.1, -0.05) is 0 Å². The molecule has 1 saturated heterocycles. The maximum atomic E-state index is 9.66. The van der Waals surface area contributed by atoms with Crippen LogP contribution in [0.3, 0.4) is 0 Å². The van der Waals surface area contributed by atoms with Crippen molar-refractivity contribution in [2.75, 3.05) is 25.5 Å². The Hall–Kier alpha value is 0.210. The highest BCUT2D eigenvalue weighted by molar-refractivity contribution is 6.17. The van der Waals surface area contributed by atoms with Crippen LogP contribution in [0.2, 0.25) is 0 Å². The molecular formula is C9H18ClNO. The molecule has 0 spiro atoms. The molecule has 0 aliphatic carbocycles. The predicted molar refractivity (Wildman–Crippen MR) is 51.6 cm³/mol. The van der Waals surface area contributed by atoms with Crippen molar-refractivity contribution in [3.05, 3.63) is 0 Å². The lowest BCUT2D eigenvalue weighted by Crippen LogP contribution is -2.42. The summed E-state index contributed by atoms with van der Waals surface area (Å²) in [6.45, 7) is 5.04. The third-order valence-corrected chi connectivity index (χ3v) is 2.81. The number of likely N-dealkylation sites (tertiary alicyclic amines) is 1. The molecule has 0 aromatic carbocycles. The molecular weight excluding hydrogens is 174 g/mol. The predicted octanol–water partition coefficient (Wildman–Crippen LogP) is 1.46. The maximum Gasteiger partial charge on any atom is 0.0644 e. The van der Waals surface area contributed by atoms with Crippen LogP contribution >= 0.6 is 11.6 Å². The van der Waals surface area contributed by atoms with Crippen molar-refractivity contribution >= 4 is 11.6 Å². The zero-order chi connectivity index (χ0) is 9.03. The molecule has 72 valence electrons. The number of hydrogen-bond donors (Lipinski definition) is 1. The summed E-state index contributed by atoms with van der Waals surface area (Å²) >= 11 is 5.60. The number of alkyl halides is 1. The average Bonchev–Trinajstić information content (AvgIpc) is 2.03. The quantitative estimate of drug-likeness (QED) is 0.683. The second-order valence-electron chi connectivity index (χ2n) is 3.88. The van der Waals surface area contributed by atoms with Crippen LogP contribution in [-0.2, 0) is 0 Å². The normalized spacial score (nSPS) is 24.2. The van der Waals surface area contributed by atoms with E-state index < -0.39 is 5.60 Å². The Kier molecular flexibility index (Phi) is 3.81. The lowest BCUT2D eigenvalue weighted by Gasteiger charge is -2.35. The number of halogens is 1. The fourth-order valence-electron chi connectivity index (χ4n) is 1.54. The van der Waals surface area contributed by atoms with Crippen molar-refractivity contribution in [3.8, 4) is 0 Å². The van der Waals surface area contributed by atoms with Gasteiger partial charge in [0.25, 0.3) is 0 Å². The monoisotopic (exact) mass is 191 g/mol. The molecule has 0 bridgehead atoms. The molecule has 2 nitrogen and oxygen atoms in total. The summed E-state index contributed by atoms with van der Waals surface area (Å²) in [5, 5.41) is 9.66. The van der Waals surface area contributed by atoms with Gasteiger partial charge in [0.2, 0.25) is 0 Å². The van der Waals surface area contributed by atoms with Crippen molar-refractivity contribution in [3.63, 3.8) is 0 Å². The Bertz CT molecular complexity index is 128. The average molecular weight is 192 g/mol. The van der Waals surface area contributed by atoms with Crippen LogP contribution in [0.25, 0.3) is 0 Å². The Labute approximate surface area is 79.5 Å². The van der Waals surface area contributed by atoms with Crippen molar-refractivity contribution in [2.24, 2.45) is 0 Å². The van der Waals surface area contributed by atoms with Crippen LogP contribution in [0.4, 0.5) is 0 Å². The van der Waals surface area contributed by atoms with E-state index in [0.717, 1.165) is 44.8 Å². The molecule has 0 atom stereocenters. The highest BCUT2D eigenvalue weighted by Crippen LogP contribution is 2.20. The van der Waals surface area contributed by atoms with Gasteiger partial charge in [0.15, 0.2) is 0 Å². The lowest BCUT2D eigenvalue weighted by atomic mass is 9.94. The third-order valence-electron chi connectivity index (χ3n) is 2.54. The minimum Gasteiger partial charge on any atom is -0.390 e. The van der Waals surface area contributed by atoms with Gasteiger partial charge in [0.1, 0.15) is 0 Å². The van der Waals surface area contributed by atoms with Crippen LogP contribution in [0.5, 0.6) is 0 Å². The Morgan fingerprint density at radius 1 is 1.42 bits per heavy atom. The first-order valence-electron chi connectivity index (χ1n) is 4.65. The largest absolute Gasteiger partial charge is 0.390 e. The van der Waals surface area contributed by atoms with Gasteiger partial charge in [-0.25, -0.2) is 0 Å². The van der Waals surface area contributed by atoms with Crippen molar-refractivity contribution in [1.82, 2.24) is 4.90 Å². The van der Waals surface area contributed by atoms with Crippen molar-refractivity contribution in [2.45, 2.75) is 31.8 Å². The highest BCUT2D eigenvalue weighted by atomic mass is 35.5. The second kappa shape index (κ2) is 4.45. The van der Waals surface area contributed by atoms with E-state index in [9.17, 15) is 5.11 Å². The molecule has 3 heteroatoms. The van der Waals surface area contributed by atoms with Gasteiger partial charge in [0.05, 0.1) is 5.60 Å². The van der Waals surface area contributed by atoms with E-state index in [1.807, 2.05) is 6.92 Å². The minimum atomic E-state index is -0.419. The zero-order valence-electron chi connectivity index (χ0n) is 7.72. The van der Waals surface area contributed by atoms with Gasteiger partial charge >= 0.3 is 0 Å². The second-order valence-corrected chi connectivity index (χ2v) is 4.26. The highest BCUT2D eigenvalue weighted by Gasteiger charge is 2.26. The summed E-state index contributed by atoms with van der Waals surface area (Å²) in [4.78, 5) is 2.38. The number of nitrogens with zero attached hydrogens (tertiary/aromatic N) is 1. The summed E-state index contributed by atoms with van der Waals surface area (Å²) < 4.78 is 0. The molecule has 1 aliphatic rings. The summed E-state index contributed by atoms with van der Waals surface area (Å²) in [5.74, 6) is 0.743. The summed E-state index contributed by atoms with van der Waals surface area (Å²) in [6, 6.07) is 0. The fourth-order valence-corrected chi connectivity index (χ4v) is 1.66. The molecule has 1 aliphatic heterocycles. The van der Waals surface area contributed by atoms with Gasteiger partial charge in [-0.15, -0.1) is 11.6 Å². The molecule has 1 fully saturated rings. The minimum absolute atomic E-state index is 0.419. The maximum absolute atomic E-state index is 9.66. The molecule has 1 rings (SSSR count). The van der Waals surface area contributed by atoms with Crippen molar-refractivity contribution in [1.29, 1.82) is 0 Å². The third kappa shape index (κ3) is 3.30. The fraction of sp³-hybridized carbons (Fsp3) is 1.00. The van der Waals surface area contributed by atoms with Crippen molar-refractivity contribution < 1.29 is 5.11 Å². The number of rotatable bonds is 3. The summed E-state index contributed by atoms with van der Waals surface area (Å²) in [5.41, 5.74) is -0.419. The molecule has 0 radical (unpaired) electrons. The van der Waals surface area contributed by atoms with Crippen LogP contribution in [0, 0.1) is 0 Å². The molecule has 0 saturated carbocycles. The first kappa shape index (κ1) is 10.3. The topological polar surface area (TPSA) is 23.5 Å². The van der Waals surface area contributed by atoms with E-state index in [4.69, 9.17) is 11.6 Å². The molecule has 0 amide bonds. The van der Waals surface area contributed by atoms with Gasteiger partial charge < -0.3 is 10.0 Å². The molecule has 1 N–H and O–H groups in total. The lowest BCUT2D eigenvalue weighted by molar-refractivity contribution is -0.00509. The number of piperidine rings is 1. The van der Waals surface area contributed by atoms with Gasteiger partial charge in [0, 0.05) is 19.0 Å². The molecule has 1 heterocycles. The van der Waals surface area contributed by atoms with E-state index in [0.29, 0.717) is 0 Å². The Morgan fingerprint density at radius 2 is 2.00 bits per heavy atom. The van der Waals surface area contributed by atoms with Gasteiger partial charge in [-0.3, -0.25) is 0 Å². The standard InChI is InChI=1S/C9H18ClNO/c1-9(12)3-7-11(8-4-9)6-2-5-10/h12H,2-8H2,1H3. The Morgan fingerprint density at radius 3 is 2.50 bits per heavy atom. The molecule has 0 aromatic heterocycles. The Balaban J connectivity index is 2.18. The molecule has 12 heavy (non-hydrogen) atoms. The van der Waals surface area contributed by atoms with Gasteiger partial charge in [-0.05, 0) is 32.7 Å². The number of hydrogen-bond acceptors (Lipinski definition) is 2. The summed E-state index contributed by atoms with van der Waals surface area (Å²) in [7, 11) is 0. The van der Waals surface area contributed by atoms with Gasteiger partial charge in [-0.2, -0.15) is 0 Å². The van der Waals surface area contributed by atoms with E-state index in [-0.39, 0.29) is 0 Å². The van der Waals surface area contributed by atoms with Crippen LogP contribution in [0.15, 0.2) is 0 Å². The first-order chi connectivity index (χ1) is 5.64. The zero-order valence-corrected chi connectivity index (χ0v) is 8.48. The van der Waals surface area contributed by atoms with E-state index in [1.54, 1.807) is 0 Å². The van der Waals surface area contributed by atoms with E-state index >= 15 is 0 Å².